The quantitative estimate of drug-likeness (QED) is 0.690. The molecule has 0 aliphatic carbocycles. The zero-order valence-corrected chi connectivity index (χ0v) is 10.2. The first kappa shape index (κ1) is 12.0. The van der Waals surface area contributed by atoms with Crippen LogP contribution < -0.4 is 0 Å². The van der Waals surface area contributed by atoms with E-state index in [0.29, 0.717) is 11.5 Å². The van der Waals surface area contributed by atoms with Crippen molar-refractivity contribution < 1.29 is 4.74 Å². The van der Waals surface area contributed by atoms with Gasteiger partial charge in [0.25, 0.3) is 0 Å². The van der Waals surface area contributed by atoms with Crippen LogP contribution in [0.3, 0.4) is 0 Å². The predicted molar refractivity (Wildman–Crippen MR) is 60.5 cm³/mol. The molecule has 0 N–H and O–H groups in total. The number of likely N-dealkylation sites (tertiary alicyclic amines) is 1. The lowest BCUT2D eigenvalue weighted by molar-refractivity contribution is -0.00126. The summed E-state index contributed by atoms with van der Waals surface area (Å²) in [6, 6.07) is 0.679. The Morgan fingerprint density at radius 3 is 2.64 bits per heavy atom. The molecule has 1 unspecified atom stereocenters. The summed E-state index contributed by atoms with van der Waals surface area (Å²) >= 11 is 0. The minimum Gasteiger partial charge on any atom is -0.384 e. The number of hydrogen-bond acceptors (Lipinski definition) is 2. The molecule has 0 bridgehead atoms. The van der Waals surface area contributed by atoms with E-state index in [0.717, 1.165) is 6.61 Å². The van der Waals surface area contributed by atoms with Crippen molar-refractivity contribution in [1.29, 1.82) is 0 Å². The van der Waals surface area contributed by atoms with Gasteiger partial charge in [-0.05, 0) is 39.7 Å². The fourth-order valence-corrected chi connectivity index (χ4v) is 2.50. The van der Waals surface area contributed by atoms with E-state index in [4.69, 9.17) is 4.74 Å². The largest absolute Gasteiger partial charge is 0.384 e. The summed E-state index contributed by atoms with van der Waals surface area (Å²) < 4.78 is 5.38. The third kappa shape index (κ3) is 2.71. The van der Waals surface area contributed by atoms with Crippen molar-refractivity contribution in [3.05, 3.63) is 0 Å². The molecule has 1 fully saturated rings. The highest BCUT2D eigenvalue weighted by atomic mass is 16.5. The maximum atomic E-state index is 5.38. The van der Waals surface area contributed by atoms with Gasteiger partial charge in [-0.3, -0.25) is 0 Å². The first-order valence-electron chi connectivity index (χ1n) is 5.86. The van der Waals surface area contributed by atoms with Gasteiger partial charge in [0.1, 0.15) is 0 Å². The van der Waals surface area contributed by atoms with Crippen LogP contribution in [0, 0.1) is 5.41 Å². The molecule has 0 aromatic carbocycles. The third-order valence-corrected chi connectivity index (χ3v) is 3.62. The van der Waals surface area contributed by atoms with E-state index < -0.39 is 0 Å². The summed E-state index contributed by atoms with van der Waals surface area (Å²) in [5.41, 5.74) is 0.428. The Hall–Kier alpha value is -0.0800. The number of nitrogens with zero attached hydrogens (tertiary/aromatic N) is 1. The lowest BCUT2D eigenvalue weighted by Gasteiger charge is -2.43. The SMILES string of the molecule is CCC1(COC)CCCN(C(C)C)C1. The molecule has 0 saturated carbocycles. The van der Waals surface area contributed by atoms with Crippen molar-refractivity contribution in [2.75, 3.05) is 26.8 Å². The molecule has 14 heavy (non-hydrogen) atoms. The summed E-state index contributed by atoms with van der Waals surface area (Å²) in [4.78, 5) is 2.59. The van der Waals surface area contributed by atoms with Gasteiger partial charge in [-0.15, -0.1) is 0 Å². The number of methoxy groups -OCH3 is 1. The second kappa shape index (κ2) is 5.13. The van der Waals surface area contributed by atoms with Gasteiger partial charge < -0.3 is 9.64 Å². The van der Waals surface area contributed by atoms with E-state index >= 15 is 0 Å². The van der Waals surface area contributed by atoms with E-state index in [1.807, 2.05) is 7.11 Å². The molecule has 0 aromatic heterocycles. The van der Waals surface area contributed by atoms with Crippen LogP contribution in [-0.2, 0) is 4.74 Å². The van der Waals surface area contributed by atoms with Crippen LogP contribution in [0.25, 0.3) is 0 Å². The lowest BCUT2D eigenvalue weighted by Crippen LogP contribution is -2.48. The molecule has 84 valence electrons. The molecule has 1 heterocycles. The molecule has 1 saturated heterocycles. The summed E-state index contributed by atoms with van der Waals surface area (Å²) in [5, 5.41) is 0. The van der Waals surface area contributed by atoms with E-state index in [9.17, 15) is 0 Å². The normalized spacial score (nSPS) is 29.8. The lowest BCUT2D eigenvalue weighted by atomic mass is 9.78. The van der Waals surface area contributed by atoms with Crippen LogP contribution in [-0.4, -0.2) is 37.7 Å². The molecule has 1 aliphatic heterocycles. The fourth-order valence-electron chi connectivity index (χ4n) is 2.50. The maximum Gasteiger partial charge on any atom is 0.0530 e. The Morgan fingerprint density at radius 2 is 2.14 bits per heavy atom. The number of ether oxygens (including phenoxy) is 1. The second-order valence-corrected chi connectivity index (χ2v) is 4.95. The van der Waals surface area contributed by atoms with Crippen LogP contribution in [0.5, 0.6) is 0 Å². The predicted octanol–water partition coefficient (Wildman–Crippen LogP) is 2.53. The topological polar surface area (TPSA) is 12.5 Å². The Bertz CT molecular complexity index is 166. The molecule has 1 aliphatic rings. The van der Waals surface area contributed by atoms with Gasteiger partial charge in [0.2, 0.25) is 0 Å². The van der Waals surface area contributed by atoms with Gasteiger partial charge in [-0.1, -0.05) is 6.92 Å². The smallest absolute Gasteiger partial charge is 0.0530 e. The summed E-state index contributed by atoms with van der Waals surface area (Å²) in [7, 11) is 1.83. The summed E-state index contributed by atoms with van der Waals surface area (Å²) in [5.74, 6) is 0. The van der Waals surface area contributed by atoms with E-state index in [1.54, 1.807) is 0 Å². The van der Waals surface area contributed by atoms with Crippen LogP contribution >= 0.6 is 0 Å². The highest BCUT2D eigenvalue weighted by molar-refractivity contribution is 4.87. The molecule has 0 radical (unpaired) electrons. The maximum absolute atomic E-state index is 5.38. The zero-order valence-electron chi connectivity index (χ0n) is 10.2. The van der Waals surface area contributed by atoms with Crippen molar-refractivity contribution in [2.24, 2.45) is 5.41 Å². The van der Waals surface area contributed by atoms with Gasteiger partial charge in [-0.2, -0.15) is 0 Å². The Labute approximate surface area is 88.6 Å². The van der Waals surface area contributed by atoms with Crippen molar-refractivity contribution in [3.63, 3.8) is 0 Å². The molecule has 1 atom stereocenters. The summed E-state index contributed by atoms with van der Waals surface area (Å²) in [6.45, 7) is 10.3. The minimum atomic E-state index is 0.428. The standard InChI is InChI=1S/C12H25NO/c1-5-12(10-14-4)7-6-8-13(9-12)11(2)3/h11H,5-10H2,1-4H3. The molecule has 0 spiro atoms. The first-order valence-corrected chi connectivity index (χ1v) is 5.86. The van der Waals surface area contributed by atoms with Gasteiger partial charge in [0.15, 0.2) is 0 Å². The molecule has 2 nitrogen and oxygen atoms in total. The van der Waals surface area contributed by atoms with Crippen molar-refractivity contribution in [3.8, 4) is 0 Å². The molecule has 1 rings (SSSR count). The molecule has 2 heteroatoms. The van der Waals surface area contributed by atoms with E-state index in [1.165, 1.54) is 32.4 Å². The average molecular weight is 199 g/mol. The van der Waals surface area contributed by atoms with Crippen molar-refractivity contribution in [1.82, 2.24) is 4.90 Å². The number of hydrogen-bond donors (Lipinski definition) is 0. The average Bonchev–Trinajstić information content (AvgIpc) is 2.18. The van der Waals surface area contributed by atoms with Gasteiger partial charge in [0, 0.05) is 25.1 Å². The van der Waals surface area contributed by atoms with Crippen LogP contribution in [0.4, 0.5) is 0 Å². The minimum absolute atomic E-state index is 0.428. The Morgan fingerprint density at radius 1 is 1.43 bits per heavy atom. The first-order chi connectivity index (χ1) is 6.63. The van der Waals surface area contributed by atoms with Crippen molar-refractivity contribution >= 4 is 0 Å². The highest BCUT2D eigenvalue weighted by Crippen LogP contribution is 2.34. The Kier molecular flexibility index (Phi) is 4.39. The van der Waals surface area contributed by atoms with Crippen LogP contribution in [0.1, 0.15) is 40.0 Å². The molecule has 0 amide bonds. The molecular weight excluding hydrogens is 174 g/mol. The number of piperidine rings is 1. The monoisotopic (exact) mass is 199 g/mol. The Balaban J connectivity index is 2.59. The van der Waals surface area contributed by atoms with E-state index in [2.05, 4.69) is 25.7 Å². The second-order valence-electron chi connectivity index (χ2n) is 4.95. The highest BCUT2D eigenvalue weighted by Gasteiger charge is 2.34. The molecule has 0 aromatic rings. The molecular formula is C12H25NO. The van der Waals surface area contributed by atoms with Crippen molar-refractivity contribution in [2.45, 2.75) is 46.1 Å². The fraction of sp³-hybridized carbons (Fsp3) is 1.00. The zero-order chi connectivity index (χ0) is 10.6. The van der Waals surface area contributed by atoms with Gasteiger partial charge in [0.05, 0.1) is 6.61 Å². The van der Waals surface area contributed by atoms with Gasteiger partial charge in [-0.25, -0.2) is 0 Å². The number of rotatable bonds is 4. The van der Waals surface area contributed by atoms with Crippen LogP contribution in [0.2, 0.25) is 0 Å². The summed E-state index contributed by atoms with van der Waals surface area (Å²) in [6.07, 6.45) is 3.90. The van der Waals surface area contributed by atoms with E-state index in [-0.39, 0.29) is 0 Å². The van der Waals surface area contributed by atoms with Crippen LogP contribution in [0.15, 0.2) is 0 Å². The van der Waals surface area contributed by atoms with Gasteiger partial charge >= 0.3 is 0 Å². The third-order valence-electron chi connectivity index (χ3n) is 3.62.